The van der Waals surface area contributed by atoms with E-state index in [2.05, 4.69) is 15.3 Å². The average molecular weight is 477 g/mol. The van der Waals surface area contributed by atoms with Crippen molar-refractivity contribution in [3.05, 3.63) is 82.2 Å². The zero-order chi connectivity index (χ0) is 24.1. The molecule has 1 fully saturated rings. The van der Waals surface area contributed by atoms with E-state index in [1.54, 1.807) is 30.3 Å². The number of hydrogen-bond donors (Lipinski definition) is 3. The number of carbonyl (C=O) groups is 2. The number of aliphatic imine (C=N–C) groups is 1. The molecule has 0 saturated carbocycles. The molecular formula is C25H28N6O2S. The molecule has 0 bridgehead atoms. The number of amidine groups is 1. The quantitative estimate of drug-likeness (QED) is 0.274. The summed E-state index contributed by atoms with van der Waals surface area (Å²) >= 11 is 1.09. The Balaban J connectivity index is 1.42. The van der Waals surface area contributed by atoms with Gasteiger partial charge in [0.2, 0.25) is 0 Å². The van der Waals surface area contributed by atoms with Crippen molar-refractivity contribution in [1.82, 2.24) is 10.3 Å². The number of hydrogen-bond acceptors (Lipinski definition) is 6. The van der Waals surface area contributed by atoms with Gasteiger partial charge in [-0.2, -0.15) is 4.99 Å². The molecule has 1 aliphatic heterocycles. The van der Waals surface area contributed by atoms with Crippen molar-refractivity contribution in [3.63, 3.8) is 0 Å². The largest absolute Gasteiger partial charge is 0.390 e. The summed E-state index contributed by atoms with van der Waals surface area (Å²) in [6.07, 6.45) is 2.48. The number of carbonyl (C=O) groups excluding carboxylic acids is 2. The summed E-state index contributed by atoms with van der Waals surface area (Å²) in [6, 6.07) is 18.4. The highest BCUT2D eigenvalue weighted by Crippen LogP contribution is 2.25. The third-order valence-corrected chi connectivity index (χ3v) is 6.66. The maximum absolute atomic E-state index is 12.7. The molecular weight excluding hydrogens is 448 g/mol. The van der Waals surface area contributed by atoms with Crippen molar-refractivity contribution < 1.29 is 9.59 Å². The zero-order valence-corrected chi connectivity index (χ0v) is 19.8. The van der Waals surface area contributed by atoms with Gasteiger partial charge in [0.25, 0.3) is 11.8 Å². The van der Waals surface area contributed by atoms with Gasteiger partial charge in [0, 0.05) is 19.2 Å². The highest BCUT2D eigenvalue weighted by atomic mass is 32.1. The van der Waals surface area contributed by atoms with Crippen LogP contribution in [0.4, 0.5) is 10.7 Å². The lowest BCUT2D eigenvalue weighted by atomic mass is 10.1. The van der Waals surface area contributed by atoms with Gasteiger partial charge in [-0.25, -0.2) is 0 Å². The lowest BCUT2D eigenvalue weighted by Gasteiger charge is -2.19. The van der Waals surface area contributed by atoms with Gasteiger partial charge in [-0.05, 0) is 61.8 Å². The third-order valence-electron chi connectivity index (χ3n) is 5.70. The second-order valence-corrected chi connectivity index (χ2v) is 9.29. The summed E-state index contributed by atoms with van der Waals surface area (Å²) in [4.78, 5) is 32.1. The minimum Gasteiger partial charge on any atom is -0.390 e. The molecule has 2 amide bonds. The molecule has 1 aliphatic rings. The number of nitrogens with one attached hydrogen (secondary N) is 1. The topological polar surface area (TPSA) is 117 Å². The molecule has 2 aromatic carbocycles. The fourth-order valence-corrected chi connectivity index (χ4v) is 4.65. The molecule has 9 heteroatoms. The van der Waals surface area contributed by atoms with Crippen LogP contribution in [0, 0.1) is 0 Å². The van der Waals surface area contributed by atoms with Crippen molar-refractivity contribution in [2.75, 3.05) is 30.9 Å². The molecule has 0 atom stereocenters. The van der Waals surface area contributed by atoms with Crippen LogP contribution in [0.25, 0.3) is 0 Å². The normalized spacial score (nSPS) is 14.2. The second-order valence-electron chi connectivity index (χ2n) is 8.21. The van der Waals surface area contributed by atoms with Crippen LogP contribution in [0.1, 0.15) is 44.0 Å². The van der Waals surface area contributed by atoms with Crippen molar-refractivity contribution >= 4 is 39.7 Å². The molecule has 0 spiro atoms. The van der Waals surface area contributed by atoms with E-state index in [9.17, 15) is 9.59 Å². The number of nitrogens with two attached hydrogens (primary N) is 2. The van der Waals surface area contributed by atoms with E-state index >= 15 is 0 Å². The Hall–Kier alpha value is -3.69. The van der Waals surface area contributed by atoms with Crippen LogP contribution < -0.4 is 21.9 Å². The van der Waals surface area contributed by atoms with Gasteiger partial charge < -0.3 is 11.5 Å². The van der Waals surface area contributed by atoms with Crippen molar-refractivity contribution in [2.45, 2.75) is 19.4 Å². The van der Waals surface area contributed by atoms with Crippen LogP contribution in [-0.4, -0.2) is 42.7 Å². The van der Waals surface area contributed by atoms with Crippen LogP contribution in [-0.2, 0) is 6.54 Å². The SMILES string of the molecule is CN(NC(=O)c1cc(C(N)=NC(=O)c2ccc(CN3CCCC3)cc2)c(N)s1)c1ccccc1. The molecule has 0 aliphatic carbocycles. The van der Waals surface area contributed by atoms with Gasteiger partial charge in [-0.3, -0.25) is 24.9 Å². The standard InChI is InChI=1S/C25H28N6O2S/c1-30(19-7-3-2-4-8-19)29-25(33)21-15-20(23(27)34-21)22(26)28-24(32)18-11-9-17(10-12-18)16-31-13-5-6-14-31/h2-4,7-12,15H,5-6,13-14,16,27H2,1H3,(H,29,33)(H2,26,28,32). The molecule has 4 rings (SSSR count). The van der Waals surface area contributed by atoms with Gasteiger partial charge in [0.1, 0.15) is 5.84 Å². The molecule has 3 aromatic rings. The number of hydrazine groups is 1. The Morgan fingerprint density at radius 3 is 2.44 bits per heavy atom. The molecule has 176 valence electrons. The fraction of sp³-hybridized carbons (Fsp3) is 0.240. The van der Waals surface area contributed by atoms with Crippen LogP contribution in [0.15, 0.2) is 65.7 Å². The first-order valence-electron chi connectivity index (χ1n) is 11.1. The first-order valence-corrected chi connectivity index (χ1v) is 11.9. The third kappa shape index (κ3) is 5.62. The van der Waals surface area contributed by atoms with Gasteiger partial charge in [0.15, 0.2) is 0 Å². The minimum absolute atomic E-state index is 0.0182. The van der Waals surface area contributed by atoms with E-state index in [1.807, 2.05) is 42.5 Å². The predicted octanol–water partition coefficient (Wildman–Crippen LogP) is 3.25. The smallest absolute Gasteiger partial charge is 0.279 e. The van der Waals surface area contributed by atoms with E-state index in [0.29, 0.717) is 21.0 Å². The molecule has 8 nitrogen and oxygen atoms in total. The van der Waals surface area contributed by atoms with Crippen molar-refractivity contribution in [2.24, 2.45) is 10.7 Å². The number of anilines is 2. The molecule has 1 saturated heterocycles. The number of rotatable bonds is 7. The molecule has 2 heterocycles. The Labute approximate surface area is 202 Å². The zero-order valence-electron chi connectivity index (χ0n) is 19.0. The van der Waals surface area contributed by atoms with Crippen LogP contribution >= 0.6 is 11.3 Å². The number of benzene rings is 2. The number of thiophene rings is 1. The summed E-state index contributed by atoms with van der Waals surface area (Å²) in [5.74, 6) is -0.803. The van der Waals surface area contributed by atoms with E-state index in [-0.39, 0.29) is 11.7 Å². The average Bonchev–Trinajstić information content (AvgIpc) is 3.49. The fourth-order valence-electron chi connectivity index (χ4n) is 3.83. The number of nitrogens with zero attached hydrogens (tertiary/aromatic N) is 3. The Bertz CT molecular complexity index is 1180. The first kappa shape index (κ1) is 23.5. The number of para-hydroxylation sites is 1. The van der Waals surface area contributed by atoms with Gasteiger partial charge >= 0.3 is 0 Å². The second kappa shape index (κ2) is 10.5. The summed E-state index contributed by atoms with van der Waals surface area (Å²) in [5, 5.41) is 1.94. The summed E-state index contributed by atoms with van der Waals surface area (Å²) < 4.78 is 0. The van der Waals surface area contributed by atoms with Crippen LogP contribution in [0.3, 0.4) is 0 Å². The summed E-state index contributed by atoms with van der Waals surface area (Å²) in [5.41, 5.74) is 17.8. The van der Waals surface area contributed by atoms with E-state index in [4.69, 9.17) is 11.5 Å². The Kier molecular flexibility index (Phi) is 7.24. The Morgan fingerprint density at radius 1 is 1.09 bits per heavy atom. The van der Waals surface area contributed by atoms with E-state index < -0.39 is 5.91 Å². The van der Waals surface area contributed by atoms with Crippen molar-refractivity contribution in [3.8, 4) is 0 Å². The number of likely N-dealkylation sites (tertiary alicyclic amines) is 1. The highest BCUT2D eigenvalue weighted by Gasteiger charge is 2.18. The summed E-state index contributed by atoms with van der Waals surface area (Å²) in [6.45, 7) is 3.12. The highest BCUT2D eigenvalue weighted by molar-refractivity contribution is 7.18. The monoisotopic (exact) mass is 476 g/mol. The summed E-state index contributed by atoms with van der Waals surface area (Å²) in [7, 11) is 1.75. The van der Waals surface area contributed by atoms with E-state index in [0.717, 1.165) is 42.2 Å². The lowest BCUT2D eigenvalue weighted by Crippen LogP contribution is -2.39. The maximum atomic E-state index is 12.7. The predicted molar refractivity (Wildman–Crippen MR) is 137 cm³/mol. The van der Waals surface area contributed by atoms with Gasteiger partial charge in [0.05, 0.1) is 21.1 Å². The van der Waals surface area contributed by atoms with Gasteiger partial charge in [-0.15, -0.1) is 11.3 Å². The van der Waals surface area contributed by atoms with Crippen LogP contribution in [0.2, 0.25) is 0 Å². The number of amides is 2. The lowest BCUT2D eigenvalue weighted by molar-refractivity contribution is 0.0954. The molecule has 0 radical (unpaired) electrons. The molecule has 5 N–H and O–H groups in total. The Morgan fingerprint density at radius 2 is 1.76 bits per heavy atom. The van der Waals surface area contributed by atoms with Crippen LogP contribution in [0.5, 0.6) is 0 Å². The molecule has 34 heavy (non-hydrogen) atoms. The minimum atomic E-state index is -0.453. The maximum Gasteiger partial charge on any atom is 0.279 e. The van der Waals surface area contributed by atoms with Crippen molar-refractivity contribution in [1.29, 1.82) is 0 Å². The van der Waals surface area contributed by atoms with Gasteiger partial charge in [-0.1, -0.05) is 30.3 Å². The molecule has 0 unspecified atom stereocenters. The molecule has 1 aromatic heterocycles. The van der Waals surface area contributed by atoms with E-state index in [1.165, 1.54) is 12.8 Å². The first-order chi connectivity index (χ1) is 16.4. The number of nitrogen functional groups attached to an aromatic ring is 1.